The molecule has 0 aliphatic rings. The third-order valence-corrected chi connectivity index (χ3v) is 2.61. The molecule has 0 aromatic heterocycles. The zero-order valence-corrected chi connectivity index (χ0v) is 9.10. The summed E-state index contributed by atoms with van der Waals surface area (Å²) in [7, 11) is 0. The minimum Gasteiger partial charge on any atom is -0.384 e. The fourth-order valence-electron chi connectivity index (χ4n) is 1.23. The third kappa shape index (κ3) is 2.72. The topological polar surface area (TPSA) is 12.0 Å². The zero-order valence-electron chi connectivity index (χ0n) is 9.10. The van der Waals surface area contributed by atoms with Crippen molar-refractivity contribution in [3.05, 3.63) is 29.6 Å². The molecule has 1 rings (SSSR count). The summed E-state index contributed by atoms with van der Waals surface area (Å²) in [6, 6.07) is 5.14. The number of hydrogen-bond acceptors (Lipinski definition) is 1. The monoisotopic (exact) mass is 195 g/mol. The molecule has 0 bridgehead atoms. The molecule has 14 heavy (non-hydrogen) atoms. The lowest BCUT2D eigenvalue weighted by atomic mass is 10.1. The lowest BCUT2D eigenvalue weighted by Gasteiger charge is -2.13. The second-order valence-corrected chi connectivity index (χ2v) is 3.81. The third-order valence-electron chi connectivity index (χ3n) is 2.61. The molecule has 1 atom stereocenters. The van der Waals surface area contributed by atoms with Crippen LogP contribution >= 0.6 is 0 Å². The van der Waals surface area contributed by atoms with E-state index in [0.717, 1.165) is 18.7 Å². The van der Waals surface area contributed by atoms with E-state index < -0.39 is 0 Å². The van der Waals surface area contributed by atoms with Crippen molar-refractivity contribution in [2.75, 3.05) is 11.9 Å². The van der Waals surface area contributed by atoms with Gasteiger partial charge in [0.05, 0.1) is 0 Å². The minimum atomic E-state index is -0.140. The molecule has 1 N–H and O–H groups in total. The summed E-state index contributed by atoms with van der Waals surface area (Å²) >= 11 is 0. The average molecular weight is 195 g/mol. The van der Waals surface area contributed by atoms with Crippen LogP contribution in [-0.2, 0) is 0 Å². The molecular formula is C12H18FN. The molecule has 0 amide bonds. The first-order chi connectivity index (χ1) is 6.65. The first-order valence-electron chi connectivity index (χ1n) is 5.14. The quantitative estimate of drug-likeness (QED) is 0.774. The maximum Gasteiger partial charge on any atom is 0.128 e. The van der Waals surface area contributed by atoms with Gasteiger partial charge in [-0.15, -0.1) is 0 Å². The predicted molar refractivity (Wildman–Crippen MR) is 59.1 cm³/mol. The molecule has 1 unspecified atom stereocenters. The zero-order chi connectivity index (χ0) is 10.6. The first kappa shape index (κ1) is 11.0. The van der Waals surface area contributed by atoms with Gasteiger partial charge in [0.15, 0.2) is 0 Å². The summed E-state index contributed by atoms with van der Waals surface area (Å²) in [4.78, 5) is 0. The van der Waals surface area contributed by atoms with E-state index in [2.05, 4.69) is 19.2 Å². The molecule has 0 saturated heterocycles. The Bertz CT molecular complexity index is 296. The van der Waals surface area contributed by atoms with Crippen molar-refractivity contribution in [2.45, 2.75) is 27.2 Å². The van der Waals surface area contributed by atoms with Crippen molar-refractivity contribution in [3.8, 4) is 0 Å². The Morgan fingerprint density at radius 2 is 2.14 bits per heavy atom. The van der Waals surface area contributed by atoms with Crippen LogP contribution in [0.1, 0.15) is 25.8 Å². The Kier molecular flexibility index (Phi) is 3.93. The Balaban J connectivity index is 2.63. The van der Waals surface area contributed by atoms with E-state index in [0.29, 0.717) is 11.5 Å². The highest BCUT2D eigenvalue weighted by molar-refractivity contribution is 5.50. The number of nitrogens with one attached hydrogen (secondary N) is 1. The van der Waals surface area contributed by atoms with Gasteiger partial charge < -0.3 is 5.32 Å². The fourth-order valence-corrected chi connectivity index (χ4v) is 1.23. The van der Waals surface area contributed by atoms with Crippen molar-refractivity contribution < 1.29 is 4.39 Å². The normalized spacial score (nSPS) is 12.6. The van der Waals surface area contributed by atoms with E-state index in [9.17, 15) is 4.39 Å². The summed E-state index contributed by atoms with van der Waals surface area (Å²) in [6.07, 6.45) is 1.14. The molecule has 78 valence electrons. The van der Waals surface area contributed by atoms with E-state index in [1.807, 2.05) is 6.07 Å². The number of anilines is 1. The Morgan fingerprint density at radius 3 is 2.79 bits per heavy atom. The molecule has 0 aliphatic carbocycles. The Hall–Kier alpha value is -1.05. The van der Waals surface area contributed by atoms with Crippen LogP contribution in [0.4, 0.5) is 10.1 Å². The van der Waals surface area contributed by atoms with Gasteiger partial charge in [0.2, 0.25) is 0 Å². The molecule has 0 aliphatic heterocycles. The SMILES string of the molecule is CCC(C)CNc1cccc(F)c1C. The first-order valence-corrected chi connectivity index (χ1v) is 5.14. The number of hydrogen-bond donors (Lipinski definition) is 1. The van der Waals surface area contributed by atoms with Gasteiger partial charge in [-0.3, -0.25) is 0 Å². The molecule has 2 heteroatoms. The fraction of sp³-hybridized carbons (Fsp3) is 0.500. The van der Waals surface area contributed by atoms with Crippen LogP contribution in [0.5, 0.6) is 0 Å². The van der Waals surface area contributed by atoms with Crippen LogP contribution in [0.15, 0.2) is 18.2 Å². The molecule has 1 nitrogen and oxygen atoms in total. The summed E-state index contributed by atoms with van der Waals surface area (Å²) < 4.78 is 13.1. The van der Waals surface area contributed by atoms with Gasteiger partial charge in [-0.25, -0.2) is 4.39 Å². The van der Waals surface area contributed by atoms with Crippen molar-refractivity contribution in [1.29, 1.82) is 0 Å². The van der Waals surface area contributed by atoms with E-state index in [1.54, 1.807) is 13.0 Å². The predicted octanol–water partition coefficient (Wildman–Crippen LogP) is 3.59. The van der Waals surface area contributed by atoms with Crippen LogP contribution in [0.3, 0.4) is 0 Å². The van der Waals surface area contributed by atoms with Gasteiger partial charge in [-0.05, 0) is 25.0 Å². The highest BCUT2D eigenvalue weighted by Crippen LogP contribution is 2.17. The summed E-state index contributed by atoms with van der Waals surface area (Å²) in [5, 5.41) is 3.26. The second-order valence-electron chi connectivity index (χ2n) is 3.81. The highest BCUT2D eigenvalue weighted by Gasteiger charge is 2.03. The smallest absolute Gasteiger partial charge is 0.128 e. The minimum absolute atomic E-state index is 0.140. The van der Waals surface area contributed by atoms with Gasteiger partial charge in [0.25, 0.3) is 0 Å². The van der Waals surface area contributed by atoms with Crippen molar-refractivity contribution in [1.82, 2.24) is 0 Å². The molecule has 0 fully saturated rings. The van der Waals surface area contributed by atoms with E-state index >= 15 is 0 Å². The summed E-state index contributed by atoms with van der Waals surface area (Å²) in [5.41, 5.74) is 1.61. The van der Waals surface area contributed by atoms with Crippen molar-refractivity contribution >= 4 is 5.69 Å². The van der Waals surface area contributed by atoms with E-state index in [1.165, 1.54) is 6.07 Å². The van der Waals surface area contributed by atoms with E-state index in [4.69, 9.17) is 0 Å². The summed E-state index contributed by atoms with van der Waals surface area (Å²) in [6.45, 7) is 7.04. The van der Waals surface area contributed by atoms with Crippen LogP contribution in [0.25, 0.3) is 0 Å². The van der Waals surface area contributed by atoms with Gasteiger partial charge in [0, 0.05) is 17.8 Å². The lowest BCUT2D eigenvalue weighted by Crippen LogP contribution is -2.11. The lowest BCUT2D eigenvalue weighted by molar-refractivity contribution is 0.591. The Labute approximate surface area is 85.3 Å². The molecular weight excluding hydrogens is 177 g/mol. The van der Waals surface area contributed by atoms with Crippen LogP contribution in [0, 0.1) is 18.7 Å². The van der Waals surface area contributed by atoms with Gasteiger partial charge in [-0.2, -0.15) is 0 Å². The van der Waals surface area contributed by atoms with Gasteiger partial charge >= 0.3 is 0 Å². The molecule has 0 heterocycles. The van der Waals surface area contributed by atoms with Gasteiger partial charge in [0.1, 0.15) is 5.82 Å². The standard InChI is InChI=1S/C12H18FN/c1-4-9(2)8-14-12-7-5-6-11(13)10(12)3/h5-7,9,14H,4,8H2,1-3H3. The number of benzene rings is 1. The molecule has 0 radical (unpaired) electrons. The van der Waals surface area contributed by atoms with E-state index in [-0.39, 0.29) is 5.82 Å². The second kappa shape index (κ2) is 4.99. The summed E-state index contributed by atoms with van der Waals surface area (Å²) in [5.74, 6) is 0.483. The highest BCUT2D eigenvalue weighted by atomic mass is 19.1. The maximum atomic E-state index is 13.1. The number of halogens is 1. The maximum absolute atomic E-state index is 13.1. The number of rotatable bonds is 4. The van der Waals surface area contributed by atoms with Crippen molar-refractivity contribution in [2.24, 2.45) is 5.92 Å². The average Bonchev–Trinajstić information content (AvgIpc) is 2.20. The van der Waals surface area contributed by atoms with Crippen LogP contribution in [-0.4, -0.2) is 6.54 Å². The molecule has 1 aromatic carbocycles. The Morgan fingerprint density at radius 1 is 1.43 bits per heavy atom. The molecule has 1 aromatic rings. The largest absolute Gasteiger partial charge is 0.384 e. The van der Waals surface area contributed by atoms with Crippen LogP contribution < -0.4 is 5.32 Å². The molecule has 0 spiro atoms. The molecule has 0 saturated carbocycles. The van der Waals surface area contributed by atoms with Gasteiger partial charge in [-0.1, -0.05) is 26.3 Å². The van der Waals surface area contributed by atoms with Crippen molar-refractivity contribution in [3.63, 3.8) is 0 Å². The van der Waals surface area contributed by atoms with Crippen LogP contribution in [0.2, 0.25) is 0 Å².